The number of hydrogen-bond donors (Lipinski definition) is 1. The predicted molar refractivity (Wildman–Crippen MR) is 78.1 cm³/mol. The normalized spacial score (nSPS) is 23.4. The van der Waals surface area contributed by atoms with E-state index in [4.69, 9.17) is 10.5 Å². The van der Waals surface area contributed by atoms with Crippen molar-refractivity contribution in [3.05, 3.63) is 12.2 Å². The first-order valence-corrected chi connectivity index (χ1v) is 7.36. The van der Waals surface area contributed by atoms with Gasteiger partial charge in [-0.05, 0) is 19.8 Å². The van der Waals surface area contributed by atoms with Gasteiger partial charge in [-0.15, -0.1) is 0 Å². The molecule has 1 atom stereocenters. The first-order valence-electron chi connectivity index (χ1n) is 7.36. The van der Waals surface area contributed by atoms with Crippen molar-refractivity contribution in [2.45, 2.75) is 52.5 Å². The molecule has 0 aliphatic carbocycles. The molecule has 1 aromatic heterocycles. The largest absolute Gasteiger partial charge is 0.368 e. The van der Waals surface area contributed by atoms with Gasteiger partial charge in [-0.3, -0.25) is 4.90 Å². The third-order valence-corrected chi connectivity index (χ3v) is 3.41. The topological polar surface area (TPSA) is 69.2 Å². The Balaban J connectivity index is 2.03. The van der Waals surface area contributed by atoms with E-state index in [0.717, 1.165) is 32.0 Å². The molecule has 1 aliphatic rings. The third kappa shape index (κ3) is 4.01. The molecule has 6 heteroatoms. The standard InChI is InChI=1S/C14H27N5O/c1-11(2)6-19-13(16-10-17-19)8-18-7-12(5-15)20-14(3,4)9-18/h10-12H,5-9,15H2,1-4H3. The maximum atomic E-state index is 5.96. The first-order chi connectivity index (χ1) is 9.39. The molecule has 20 heavy (non-hydrogen) atoms. The third-order valence-electron chi connectivity index (χ3n) is 3.41. The van der Waals surface area contributed by atoms with Gasteiger partial charge in [0.05, 0.1) is 18.2 Å². The summed E-state index contributed by atoms with van der Waals surface area (Å²) in [5, 5.41) is 4.32. The number of ether oxygens (including phenoxy) is 1. The highest BCUT2D eigenvalue weighted by molar-refractivity contribution is 4.90. The summed E-state index contributed by atoms with van der Waals surface area (Å²) in [5.41, 5.74) is 5.61. The van der Waals surface area contributed by atoms with Crippen molar-refractivity contribution in [1.82, 2.24) is 19.7 Å². The van der Waals surface area contributed by atoms with E-state index < -0.39 is 0 Å². The second-order valence-corrected chi connectivity index (χ2v) is 6.66. The van der Waals surface area contributed by atoms with Gasteiger partial charge >= 0.3 is 0 Å². The minimum absolute atomic E-state index is 0.0974. The fraction of sp³-hybridized carbons (Fsp3) is 0.857. The summed E-state index contributed by atoms with van der Waals surface area (Å²) in [7, 11) is 0. The fourth-order valence-electron chi connectivity index (χ4n) is 2.77. The van der Waals surface area contributed by atoms with Crippen LogP contribution < -0.4 is 5.73 Å². The van der Waals surface area contributed by atoms with Crippen molar-refractivity contribution in [1.29, 1.82) is 0 Å². The second kappa shape index (κ2) is 6.20. The van der Waals surface area contributed by atoms with E-state index in [0.29, 0.717) is 12.5 Å². The molecule has 1 aromatic rings. The molecule has 1 aliphatic heterocycles. The van der Waals surface area contributed by atoms with Crippen molar-refractivity contribution >= 4 is 0 Å². The molecular weight excluding hydrogens is 254 g/mol. The smallest absolute Gasteiger partial charge is 0.141 e. The molecule has 2 rings (SSSR count). The summed E-state index contributed by atoms with van der Waals surface area (Å²) in [6, 6.07) is 0. The van der Waals surface area contributed by atoms with Gasteiger partial charge in [-0.25, -0.2) is 9.67 Å². The Morgan fingerprint density at radius 2 is 2.25 bits per heavy atom. The number of aromatic nitrogens is 3. The lowest BCUT2D eigenvalue weighted by Crippen LogP contribution is -2.54. The van der Waals surface area contributed by atoms with Crippen LogP contribution in [-0.4, -0.2) is 51.0 Å². The Morgan fingerprint density at radius 1 is 1.50 bits per heavy atom. The highest BCUT2D eigenvalue weighted by atomic mass is 16.5. The first kappa shape index (κ1) is 15.4. The SMILES string of the molecule is CC(C)Cn1ncnc1CN1CC(CN)OC(C)(C)C1. The average molecular weight is 281 g/mol. The van der Waals surface area contributed by atoms with Gasteiger partial charge in [-0.2, -0.15) is 5.10 Å². The second-order valence-electron chi connectivity index (χ2n) is 6.66. The van der Waals surface area contributed by atoms with Crippen LogP contribution in [0.4, 0.5) is 0 Å². The molecule has 0 radical (unpaired) electrons. The number of hydrogen-bond acceptors (Lipinski definition) is 5. The molecule has 0 amide bonds. The van der Waals surface area contributed by atoms with Crippen LogP contribution in [0.2, 0.25) is 0 Å². The molecule has 2 heterocycles. The van der Waals surface area contributed by atoms with Gasteiger partial charge < -0.3 is 10.5 Å². The van der Waals surface area contributed by atoms with Gasteiger partial charge in [0.25, 0.3) is 0 Å². The van der Waals surface area contributed by atoms with Crippen molar-refractivity contribution in [3.63, 3.8) is 0 Å². The zero-order valence-corrected chi connectivity index (χ0v) is 13.0. The van der Waals surface area contributed by atoms with Crippen molar-refractivity contribution in [2.75, 3.05) is 19.6 Å². The minimum atomic E-state index is -0.162. The summed E-state index contributed by atoms with van der Waals surface area (Å²) >= 11 is 0. The van der Waals surface area contributed by atoms with E-state index in [1.165, 1.54) is 0 Å². The predicted octanol–water partition coefficient (Wildman–Crippen LogP) is 0.872. The van der Waals surface area contributed by atoms with E-state index in [2.05, 4.69) is 42.7 Å². The van der Waals surface area contributed by atoms with Gasteiger partial charge in [0.15, 0.2) is 0 Å². The molecule has 6 nitrogen and oxygen atoms in total. The monoisotopic (exact) mass is 281 g/mol. The summed E-state index contributed by atoms with van der Waals surface area (Å²) in [5.74, 6) is 1.58. The Bertz CT molecular complexity index is 429. The Labute approximate surface area is 121 Å². The zero-order chi connectivity index (χ0) is 14.8. The lowest BCUT2D eigenvalue weighted by atomic mass is 10.1. The van der Waals surface area contributed by atoms with Gasteiger partial charge in [0.1, 0.15) is 12.2 Å². The van der Waals surface area contributed by atoms with Gasteiger partial charge in [0, 0.05) is 26.2 Å². The van der Waals surface area contributed by atoms with Crippen molar-refractivity contribution in [2.24, 2.45) is 11.7 Å². The van der Waals surface area contributed by atoms with Crippen LogP contribution in [0.3, 0.4) is 0 Å². The number of nitrogens with two attached hydrogens (primary N) is 1. The zero-order valence-electron chi connectivity index (χ0n) is 13.0. The highest BCUT2D eigenvalue weighted by Crippen LogP contribution is 2.21. The summed E-state index contributed by atoms with van der Waals surface area (Å²) in [6.45, 7) is 12.6. The minimum Gasteiger partial charge on any atom is -0.368 e. The van der Waals surface area contributed by atoms with Crippen molar-refractivity contribution < 1.29 is 4.74 Å². The van der Waals surface area contributed by atoms with Crippen LogP contribution in [0.15, 0.2) is 6.33 Å². The van der Waals surface area contributed by atoms with E-state index in [1.807, 2.05) is 4.68 Å². The van der Waals surface area contributed by atoms with Crippen molar-refractivity contribution in [3.8, 4) is 0 Å². The average Bonchev–Trinajstić information content (AvgIpc) is 2.73. The maximum absolute atomic E-state index is 5.96. The van der Waals surface area contributed by atoms with Crippen LogP contribution in [0.25, 0.3) is 0 Å². The number of nitrogens with zero attached hydrogens (tertiary/aromatic N) is 4. The number of morpholine rings is 1. The number of rotatable bonds is 5. The van der Waals surface area contributed by atoms with Crippen LogP contribution in [0, 0.1) is 5.92 Å². The summed E-state index contributed by atoms with van der Waals surface area (Å²) in [6.07, 6.45) is 1.74. The van der Waals surface area contributed by atoms with E-state index in [-0.39, 0.29) is 11.7 Å². The van der Waals surface area contributed by atoms with E-state index in [9.17, 15) is 0 Å². The van der Waals surface area contributed by atoms with Gasteiger partial charge in [-0.1, -0.05) is 13.8 Å². The Kier molecular flexibility index (Phi) is 4.78. The Hall–Kier alpha value is -0.980. The van der Waals surface area contributed by atoms with Gasteiger partial charge in [0.2, 0.25) is 0 Å². The quantitative estimate of drug-likeness (QED) is 0.867. The van der Waals surface area contributed by atoms with E-state index in [1.54, 1.807) is 6.33 Å². The molecule has 2 N–H and O–H groups in total. The van der Waals surface area contributed by atoms with Crippen LogP contribution in [0.5, 0.6) is 0 Å². The summed E-state index contributed by atoms with van der Waals surface area (Å²) in [4.78, 5) is 6.76. The Morgan fingerprint density at radius 3 is 2.90 bits per heavy atom. The lowest BCUT2D eigenvalue weighted by molar-refractivity contribution is -0.134. The van der Waals surface area contributed by atoms with Crippen LogP contribution >= 0.6 is 0 Å². The molecular formula is C14H27N5O. The fourth-order valence-corrected chi connectivity index (χ4v) is 2.77. The molecule has 1 saturated heterocycles. The molecule has 0 saturated carbocycles. The lowest BCUT2D eigenvalue weighted by Gasteiger charge is -2.42. The molecule has 1 unspecified atom stereocenters. The molecule has 114 valence electrons. The maximum Gasteiger partial charge on any atom is 0.141 e. The van der Waals surface area contributed by atoms with Crippen LogP contribution in [-0.2, 0) is 17.8 Å². The van der Waals surface area contributed by atoms with Crippen LogP contribution in [0.1, 0.15) is 33.5 Å². The highest BCUT2D eigenvalue weighted by Gasteiger charge is 2.33. The molecule has 1 fully saturated rings. The van der Waals surface area contributed by atoms with E-state index >= 15 is 0 Å². The molecule has 0 aromatic carbocycles. The molecule has 0 bridgehead atoms. The molecule has 0 spiro atoms. The summed E-state index contributed by atoms with van der Waals surface area (Å²) < 4.78 is 7.96.